The molecule has 0 saturated heterocycles. The summed E-state index contributed by atoms with van der Waals surface area (Å²) in [7, 11) is 1.62. The van der Waals surface area contributed by atoms with Crippen molar-refractivity contribution < 1.29 is 17.9 Å². The Kier molecular flexibility index (Phi) is 6.98. The molecule has 1 atom stereocenters. The quantitative estimate of drug-likeness (QED) is 0.773. The lowest BCUT2D eigenvalue weighted by molar-refractivity contribution is -0.137. The Labute approximate surface area is 117 Å². The first-order valence-electron chi connectivity index (χ1n) is 6.56. The summed E-state index contributed by atoms with van der Waals surface area (Å²) in [5, 5.41) is 3.27. The summed E-state index contributed by atoms with van der Waals surface area (Å²) >= 11 is 0. The van der Waals surface area contributed by atoms with E-state index in [9.17, 15) is 13.2 Å². The van der Waals surface area contributed by atoms with Crippen LogP contribution in [0.1, 0.15) is 24.0 Å². The maximum atomic E-state index is 12.4. The number of nitrogens with two attached hydrogens (primary N) is 1. The summed E-state index contributed by atoms with van der Waals surface area (Å²) in [6.45, 7) is 1.68. The fourth-order valence-corrected chi connectivity index (χ4v) is 1.88. The molecule has 3 N–H and O–H groups in total. The largest absolute Gasteiger partial charge is 0.416 e. The molecule has 6 heteroatoms. The third-order valence-corrected chi connectivity index (χ3v) is 3.00. The van der Waals surface area contributed by atoms with Crippen LogP contribution in [0.2, 0.25) is 0 Å². The zero-order chi connectivity index (χ0) is 15.0. The summed E-state index contributed by atoms with van der Waals surface area (Å²) < 4.78 is 42.4. The van der Waals surface area contributed by atoms with Gasteiger partial charge in [-0.25, -0.2) is 0 Å². The van der Waals surface area contributed by atoms with E-state index >= 15 is 0 Å². The molecule has 20 heavy (non-hydrogen) atoms. The first-order chi connectivity index (χ1) is 9.47. The van der Waals surface area contributed by atoms with Gasteiger partial charge in [0.05, 0.1) is 12.2 Å². The van der Waals surface area contributed by atoms with Crippen LogP contribution in [-0.2, 0) is 17.5 Å². The van der Waals surface area contributed by atoms with Gasteiger partial charge in [-0.05, 0) is 37.1 Å². The Balaban J connectivity index is 2.51. The second-order valence-corrected chi connectivity index (χ2v) is 4.66. The van der Waals surface area contributed by atoms with E-state index in [-0.39, 0.29) is 6.04 Å². The molecule has 0 spiro atoms. The van der Waals surface area contributed by atoms with E-state index in [4.69, 9.17) is 10.5 Å². The average Bonchev–Trinajstić information content (AvgIpc) is 2.41. The Morgan fingerprint density at radius 3 is 2.40 bits per heavy atom. The number of methoxy groups -OCH3 is 1. The zero-order valence-electron chi connectivity index (χ0n) is 11.5. The van der Waals surface area contributed by atoms with Crippen LogP contribution in [0.15, 0.2) is 24.3 Å². The number of ether oxygens (including phenoxy) is 1. The molecule has 3 nitrogen and oxygen atoms in total. The molecule has 0 bridgehead atoms. The van der Waals surface area contributed by atoms with E-state index in [1.807, 2.05) is 0 Å². The van der Waals surface area contributed by atoms with Gasteiger partial charge in [0, 0.05) is 19.7 Å². The minimum Gasteiger partial charge on any atom is -0.383 e. The molecule has 0 radical (unpaired) electrons. The van der Waals surface area contributed by atoms with Crippen LogP contribution in [0.3, 0.4) is 0 Å². The number of halogens is 3. The zero-order valence-corrected chi connectivity index (χ0v) is 11.5. The summed E-state index contributed by atoms with van der Waals surface area (Å²) in [6, 6.07) is 5.33. The smallest absolute Gasteiger partial charge is 0.383 e. The summed E-state index contributed by atoms with van der Waals surface area (Å²) in [5.74, 6) is 0. The van der Waals surface area contributed by atoms with Crippen molar-refractivity contribution in [2.24, 2.45) is 5.73 Å². The van der Waals surface area contributed by atoms with Crippen molar-refractivity contribution in [3.8, 4) is 0 Å². The van der Waals surface area contributed by atoms with Crippen molar-refractivity contribution in [1.29, 1.82) is 0 Å². The monoisotopic (exact) mass is 290 g/mol. The molecule has 0 saturated carbocycles. The normalized spacial score (nSPS) is 13.4. The van der Waals surface area contributed by atoms with Crippen molar-refractivity contribution in [2.75, 3.05) is 20.3 Å². The van der Waals surface area contributed by atoms with E-state index in [0.717, 1.165) is 30.5 Å². The number of rotatable bonds is 8. The lowest BCUT2D eigenvalue weighted by atomic mass is 10.1. The topological polar surface area (TPSA) is 47.3 Å². The summed E-state index contributed by atoms with van der Waals surface area (Å²) in [5.41, 5.74) is 5.65. The number of hydrogen-bond donors (Lipinski definition) is 2. The van der Waals surface area contributed by atoms with Gasteiger partial charge in [-0.3, -0.25) is 0 Å². The van der Waals surface area contributed by atoms with Gasteiger partial charge in [0.15, 0.2) is 0 Å². The fourth-order valence-electron chi connectivity index (χ4n) is 1.88. The van der Waals surface area contributed by atoms with Gasteiger partial charge < -0.3 is 15.8 Å². The first-order valence-corrected chi connectivity index (χ1v) is 6.56. The van der Waals surface area contributed by atoms with Crippen molar-refractivity contribution in [1.82, 2.24) is 5.32 Å². The Morgan fingerprint density at radius 2 is 1.90 bits per heavy atom. The number of benzene rings is 1. The number of nitrogens with one attached hydrogen (secondary N) is 1. The molecule has 0 aliphatic carbocycles. The van der Waals surface area contributed by atoms with Gasteiger partial charge in [0.1, 0.15) is 0 Å². The maximum absolute atomic E-state index is 12.4. The Hall–Kier alpha value is -1.11. The molecular weight excluding hydrogens is 269 g/mol. The van der Waals surface area contributed by atoms with Crippen LogP contribution in [0, 0.1) is 0 Å². The third kappa shape index (κ3) is 5.90. The number of alkyl halides is 3. The molecule has 0 fully saturated rings. The predicted molar refractivity (Wildman–Crippen MR) is 72.2 cm³/mol. The van der Waals surface area contributed by atoms with Gasteiger partial charge in [-0.1, -0.05) is 12.1 Å². The highest BCUT2D eigenvalue weighted by molar-refractivity contribution is 5.24. The van der Waals surface area contributed by atoms with E-state index < -0.39 is 11.7 Å². The second-order valence-electron chi connectivity index (χ2n) is 4.66. The Bertz CT molecular complexity index is 379. The van der Waals surface area contributed by atoms with Gasteiger partial charge in [0.2, 0.25) is 0 Å². The van der Waals surface area contributed by atoms with E-state index in [1.165, 1.54) is 12.1 Å². The van der Waals surface area contributed by atoms with Crippen molar-refractivity contribution in [3.63, 3.8) is 0 Å². The Morgan fingerprint density at radius 1 is 1.25 bits per heavy atom. The highest BCUT2D eigenvalue weighted by Crippen LogP contribution is 2.29. The van der Waals surface area contributed by atoms with Gasteiger partial charge in [0.25, 0.3) is 0 Å². The minimum atomic E-state index is -4.29. The lowest BCUT2D eigenvalue weighted by Crippen LogP contribution is -2.33. The molecule has 0 aliphatic rings. The SMILES string of the molecule is COCC(CCCN)NCc1ccc(C(F)(F)F)cc1. The van der Waals surface area contributed by atoms with Crippen LogP contribution >= 0.6 is 0 Å². The average molecular weight is 290 g/mol. The first kappa shape index (κ1) is 16.9. The van der Waals surface area contributed by atoms with E-state index in [2.05, 4.69) is 5.32 Å². The van der Waals surface area contributed by atoms with Gasteiger partial charge in [-0.15, -0.1) is 0 Å². The highest BCUT2D eigenvalue weighted by Gasteiger charge is 2.29. The molecule has 1 aromatic rings. The lowest BCUT2D eigenvalue weighted by Gasteiger charge is -2.18. The summed E-state index contributed by atoms with van der Waals surface area (Å²) in [4.78, 5) is 0. The van der Waals surface area contributed by atoms with Crippen LogP contribution in [0.4, 0.5) is 13.2 Å². The molecule has 1 aromatic carbocycles. The van der Waals surface area contributed by atoms with Crippen molar-refractivity contribution in [2.45, 2.75) is 31.6 Å². The molecule has 0 aromatic heterocycles. The molecule has 0 aliphatic heterocycles. The second kappa shape index (κ2) is 8.24. The minimum absolute atomic E-state index is 0.158. The van der Waals surface area contributed by atoms with Crippen LogP contribution in [0.25, 0.3) is 0 Å². The molecule has 1 rings (SSSR count). The van der Waals surface area contributed by atoms with Crippen molar-refractivity contribution in [3.05, 3.63) is 35.4 Å². The third-order valence-electron chi connectivity index (χ3n) is 3.00. The number of hydrogen-bond acceptors (Lipinski definition) is 3. The molecule has 0 amide bonds. The molecular formula is C14H21F3N2O. The van der Waals surface area contributed by atoms with Gasteiger partial charge >= 0.3 is 6.18 Å². The van der Waals surface area contributed by atoms with Crippen LogP contribution in [0.5, 0.6) is 0 Å². The predicted octanol–water partition coefficient (Wildman–Crippen LogP) is 2.55. The molecule has 0 heterocycles. The standard InChI is InChI=1S/C14H21F3N2O/c1-20-10-13(3-2-8-18)19-9-11-4-6-12(7-5-11)14(15,16)17/h4-7,13,19H,2-3,8-10,18H2,1H3. The van der Waals surface area contributed by atoms with Gasteiger partial charge in [-0.2, -0.15) is 13.2 Å². The fraction of sp³-hybridized carbons (Fsp3) is 0.571. The van der Waals surface area contributed by atoms with Crippen LogP contribution < -0.4 is 11.1 Å². The molecule has 114 valence electrons. The van der Waals surface area contributed by atoms with E-state index in [1.54, 1.807) is 7.11 Å². The molecule has 1 unspecified atom stereocenters. The summed E-state index contributed by atoms with van der Waals surface area (Å²) in [6.07, 6.45) is -2.52. The maximum Gasteiger partial charge on any atom is 0.416 e. The van der Waals surface area contributed by atoms with Crippen molar-refractivity contribution >= 4 is 0 Å². The van der Waals surface area contributed by atoms with E-state index in [0.29, 0.717) is 19.7 Å². The highest BCUT2D eigenvalue weighted by atomic mass is 19.4. The van der Waals surface area contributed by atoms with Crippen LogP contribution in [-0.4, -0.2) is 26.3 Å².